The molecule has 2 rings (SSSR count). The fourth-order valence-electron chi connectivity index (χ4n) is 3.08. The van der Waals surface area contributed by atoms with Crippen LogP contribution in [0.3, 0.4) is 0 Å². The summed E-state index contributed by atoms with van der Waals surface area (Å²) in [6.45, 7) is 6.29. The second kappa shape index (κ2) is 4.09. The van der Waals surface area contributed by atoms with Crippen LogP contribution in [0.15, 0.2) is 0 Å². The highest BCUT2D eigenvalue weighted by molar-refractivity contribution is 6.06. The molecule has 4 nitrogen and oxygen atoms in total. The van der Waals surface area contributed by atoms with Crippen LogP contribution >= 0.6 is 0 Å². The number of likely N-dealkylation sites (tertiary alicyclic amines) is 1. The molecule has 2 fully saturated rings. The average Bonchev–Trinajstić information content (AvgIpc) is 2.83. The highest BCUT2D eigenvalue weighted by atomic mass is 16.2. The quantitative estimate of drug-likeness (QED) is 0.750. The van der Waals surface area contributed by atoms with Gasteiger partial charge in [0.2, 0.25) is 11.8 Å². The maximum Gasteiger partial charge on any atom is 0.233 e. The number of imide groups is 1. The highest BCUT2D eigenvalue weighted by Gasteiger charge is 2.55. The molecule has 1 saturated carbocycles. The number of hydrogen-bond acceptors (Lipinski definition) is 3. The molecule has 0 aromatic heterocycles. The highest BCUT2D eigenvalue weighted by Crippen LogP contribution is 2.43. The van der Waals surface area contributed by atoms with E-state index in [1.54, 1.807) is 0 Å². The molecule has 17 heavy (non-hydrogen) atoms. The average molecular weight is 238 g/mol. The van der Waals surface area contributed by atoms with Gasteiger partial charge in [0.15, 0.2) is 0 Å². The first-order valence-corrected chi connectivity index (χ1v) is 6.51. The van der Waals surface area contributed by atoms with Crippen molar-refractivity contribution in [3.63, 3.8) is 0 Å². The number of carbonyl (C=O) groups is 2. The molecule has 3 atom stereocenters. The van der Waals surface area contributed by atoms with E-state index in [1.807, 2.05) is 20.8 Å². The minimum absolute atomic E-state index is 0.0131. The monoisotopic (exact) mass is 238 g/mol. The molecular formula is C13H22N2O2. The number of amides is 2. The zero-order chi connectivity index (χ0) is 12.8. The Morgan fingerprint density at radius 1 is 1.29 bits per heavy atom. The number of nitrogens with two attached hydrogens (primary N) is 1. The predicted octanol–water partition coefficient (Wildman–Crippen LogP) is 1.14. The second-order valence-electron chi connectivity index (χ2n) is 5.87. The van der Waals surface area contributed by atoms with Gasteiger partial charge in [0, 0.05) is 6.54 Å². The van der Waals surface area contributed by atoms with E-state index in [0.29, 0.717) is 6.54 Å². The topological polar surface area (TPSA) is 63.4 Å². The second-order valence-corrected chi connectivity index (χ2v) is 5.87. The van der Waals surface area contributed by atoms with Crippen LogP contribution in [0.1, 0.15) is 40.0 Å². The van der Waals surface area contributed by atoms with Crippen molar-refractivity contribution in [1.82, 2.24) is 4.90 Å². The molecule has 1 aliphatic carbocycles. The lowest BCUT2D eigenvalue weighted by Gasteiger charge is -2.40. The third-order valence-corrected chi connectivity index (χ3v) is 4.76. The Morgan fingerprint density at radius 2 is 1.76 bits per heavy atom. The van der Waals surface area contributed by atoms with Crippen LogP contribution in [-0.4, -0.2) is 28.8 Å². The summed E-state index contributed by atoms with van der Waals surface area (Å²) in [6.07, 6.45) is 2.73. The van der Waals surface area contributed by atoms with Gasteiger partial charge in [-0.05, 0) is 25.7 Å². The van der Waals surface area contributed by atoms with Crippen molar-refractivity contribution in [2.75, 3.05) is 6.54 Å². The maximum absolute atomic E-state index is 12.4. The van der Waals surface area contributed by atoms with Gasteiger partial charge in [0.1, 0.15) is 0 Å². The van der Waals surface area contributed by atoms with Crippen molar-refractivity contribution in [2.45, 2.75) is 45.6 Å². The summed E-state index contributed by atoms with van der Waals surface area (Å²) in [5.41, 5.74) is 5.29. The van der Waals surface area contributed by atoms with Crippen molar-refractivity contribution in [3.05, 3.63) is 0 Å². The molecule has 0 spiro atoms. The van der Waals surface area contributed by atoms with E-state index in [-0.39, 0.29) is 29.6 Å². The van der Waals surface area contributed by atoms with E-state index in [0.717, 1.165) is 19.3 Å². The minimum atomic E-state index is -0.529. The maximum atomic E-state index is 12.4. The van der Waals surface area contributed by atoms with Crippen LogP contribution < -0.4 is 5.73 Å². The van der Waals surface area contributed by atoms with E-state index >= 15 is 0 Å². The zero-order valence-electron chi connectivity index (χ0n) is 10.9. The van der Waals surface area contributed by atoms with Gasteiger partial charge >= 0.3 is 0 Å². The van der Waals surface area contributed by atoms with Crippen LogP contribution in [0.2, 0.25) is 0 Å². The van der Waals surface area contributed by atoms with Crippen molar-refractivity contribution in [2.24, 2.45) is 23.5 Å². The zero-order valence-corrected chi connectivity index (χ0v) is 10.9. The van der Waals surface area contributed by atoms with E-state index in [2.05, 4.69) is 0 Å². The summed E-state index contributed by atoms with van der Waals surface area (Å²) in [6, 6.07) is 0. The molecule has 2 N–H and O–H groups in total. The van der Waals surface area contributed by atoms with Crippen molar-refractivity contribution < 1.29 is 9.59 Å². The van der Waals surface area contributed by atoms with Gasteiger partial charge in [-0.3, -0.25) is 14.5 Å². The van der Waals surface area contributed by atoms with Gasteiger partial charge in [-0.15, -0.1) is 0 Å². The molecule has 2 amide bonds. The smallest absolute Gasteiger partial charge is 0.233 e. The molecule has 1 heterocycles. The van der Waals surface area contributed by atoms with Crippen LogP contribution in [0.4, 0.5) is 0 Å². The van der Waals surface area contributed by atoms with Gasteiger partial charge in [-0.2, -0.15) is 0 Å². The Morgan fingerprint density at radius 3 is 2.12 bits per heavy atom. The first-order chi connectivity index (χ1) is 7.93. The standard InChI is InChI=1S/C13H22N2O2/c1-8(2)13(3,7-14)15-11(16)9-5-4-6-10(9)12(15)17/h8-10H,4-7,14H2,1-3H3. The van der Waals surface area contributed by atoms with Crippen LogP contribution in [0, 0.1) is 17.8 Å². The number of nitrogens with zero attached hydrogens (tertiary/aromatic N) is 1. The number of hydrogen-bond donors (Lipinski definition) is 1. The van der Waals surface area contributed by atoms with E-state index in [1.165, 1.54) is 4.90 Å². The molecule has 4 heteroatoms. The summed E-state index contributed by atoms with van der Waals surface area (Å²) >= 11 is 0. The summed E-state index contributed by atoms with van der Waals surface area (Å²) < 4.78 is 0. The SMILES string of the molecule is CC(C)C(C)(CN)N1C(=O)C2CCCC2C1=O. The summed E-state index contributed by atoms with van der Waals surface area (Å²) in [5, 5.41) is 0. The number of fused-ring (bicyclic) bond motifs is 1. The Hall–Kier alpha value is -0.900. The first-order valence-electron chi connectivity index (χ1n) is 6.51. The molecule has 0 bridgehead atoms. The molecule has 3 unspecified atom stereocenters. The molecular weight excluding hydrogens is 216 g/mol. The van der Waals surface area contributed by atoms with E-state index in [4.69, 9.17) is 5.73 Å². The van der Waals surface area contributed by atoms with Crippen LogP contribution in [0.5, 0.6) is 0 Å². The van der Waals surface area contributed by atoms with Gasteiger partial charge in [0.05, 0.1) is 17.4 Å². The Labute approximate surface area is 103 Å². The molecule has 0 aromatic carbocycles. The van der Waals surface area contributed by atoms with Gasteiger partial charge in [-0.1, -0.05) is 20.3 Å². The third-order valence-electron chi connectivity index (χ3n) is 4.76. The summed E-state index contributed by atoms with van der Waals surface area (Å²) in [7, 11) is 0. The van der Waals surface area contributed by atoms with Crippen molar-refractivity contribution in [1.29, 1.82) is 0 Å². The van der Waals surface area contributed by atoms with Crippen LogP contribution in [-0.2, 0) is 9.59 Å². The summed E-state index contributed by atoms with van der Waals surface area (Å²) in [5.74, 6) is 0.0803. The van der Waals surface area contributed by atoms with E-state index < -0.39 is 5.54 Å². The number of carbonyl (C=O) groups excluding carboxylic acids is 2. The minimum Gasteiger partial charge on any atom is -0.328 e. The molecule has 2 aliphatic rings. The van der Waals surface area contributed by atoms with Crippen LogP contribution in [0.25, 0.3) is 0 Å². The van der Waals surface area contributed by atoms with Crippen molar-refractivity contribution >= 4 is 11.8 Å². The third kappa shape index (κ3) is 1.61. The largest absolute Gasteiger partial charge is 0.328 e. The molecule has 1 aliphatic heterocycles. The molecule has 96 valence electrons. The predicted molar refractivity (Wildman–Crippen MR) is 65.0 cm³/mol. The van der Waals surface area contributed by atoms with Gasteiger partial charge < -0.3 is 5.73 Å². The lowest BCUT2D eigenvalue weighted by Crippen LogP contribution is -2.58. The lowest BCUT2D eigenvalue weighted by molar-refractivity contribution is -0.148. The molecule has 0 aromatic rings. The lowest BCUT2D eigenvalue weighted by atomic mass is 9.86. The van der Waals surface area contributed by atoms with Gasteiger partial charge in [-0.25, -0.2) is 0 Å². The summed E-state index contributed by atoms with van der Waals surface area (Å²) in [4.78, 5) is 26.2. The molecule has 0 radical (unpaired) electrons. The fourth-order valence-corrected chi connectivity index (χ4v) is 3.08. The Kier molecular flexibility index (Phi) is 3.02. The van der Waals surface area contributed by atoms with Crippen molar-refractivity contribution in [3.8, 4) is 0 Å². The first kappa shape index (κ1) is 12.6. The molecule has 1 saturated heterocycles. The van der Waals surface area contributed by atoms with E-state index in [9.17, 15) is 9.59 Å². The number of rotatable bonds is 3. The Balaban J connectivity index is 2.33. The fraction of sp³-hybridized carbons (Fsp3) is 0.846. The Bertz CT molecular complexity index is 331. The van der Waals surface area contributed by atoms with Gasteiger partial charge in [0.25, 0.3) is 0 Å². The normalized spacial score (nSPS) is 32.2.